The predicted octanol–water partition coefficient (Wildman–Crippen LogP) is 0.274. The lowest BCUT2D eigenvalue weighted by Gasteiger charge is -2.23. The summed E-state index contributed by atoms with van der Waals surface area (Å²) in [6, 6.07) is 7.22. The minimum Gasteiger partial charge on any atom is -0.298 e. The molecular formula is C11H16N3O2+. The Morgan fingerprint density at radius 1 is 1.19 bits per heavy atom. The Morgan fingerprint density at radius 3 is 2.19 bits per heavy atom. The average Bonchev–Trinajstić information content (AvgIpc) is 2.25. The molecule has 0 aliphatic carbocycles. The topological polar surface area (TPSA) is 58.2 Å². The molecule has 5 heteroatoms. The van der Waals surface area contributed by atoms with Crippen LogP contribution < -0.4 is 15.3 Å². The number of hydrazine groups is 1. The number of carbonyl (C=O) groups excluding carboxylic acids is 2. The van der Waals surface area contributed by atoms with Crippen LogP contribution in [0, 0.1) is 0 Å². The van der Waals surface area contributed by atoms with Crippen molar-refractivity contribution in [3.8, 4) is 0 Å². The second-order valence-corrected chi connectivity index (χ2v) is 4.28. The largest absolute Gasteiger partial charge is 0.298 e. The highest BCUT2D eigenvalue weighted by molar-refractivity contribution is 5.94. The maximum atomic E-state index is 11.4. The summed E-state index contributed by atoms with van der Waals surface area (Å²) in [4.78, 5) is 21.4. The highest BCUT2D eigenvalue weighted by Gasteiger charge is 2.12. The van der Waals surface area contributed by atoms with Gasteiger partial charge in [0.15, 0.2) is 0 Å². The van der Waals surface area contributed by atoms with Crippen molar-refractivity contribution in [1.82, 2.24) is 15.3 Å². The van der Waals surface area contributed by atoms with Crippen LogP contribution in [-0.4, -0.2) is 33.5 Å². The van der Waals surface area contributed by atoms with Gasteiger partial charge in [-0.25, -0.2) is 0 Å². The molecule has 1 rings (SSSR count). The molecule has 0 aliphatic heterocycles. The van der Waals surface area contributed by atoms with Crippen molar-refractivity contribution in [2.75, 3.05) is 21.1 Å². The fraction of sp³-hybridized carbons (Fsp3) is 0.273. The average molecular weight is 222 g/mol. The zero-order chi connectivity index (χ0) is 12.2. The van der Waals surface area contributed by atoms with Gasteiger partial charge in [0, 0.05) is 5.56 Å². The number of hydrogen-bond donors (Lipinski definition) is 2. The van der Waals surface area contributed by atoms with Gasteiger partial charge in [0.2, 0.25) is 6.41 Å². The molecule has 0 fully saturated rings. The van der Waals surface area contributed by atoms with Crippen LogP contribution in [0.15, 0.2) is 24.3 Å². The van der Waals surface area contributed by atoms with Crippen LogP contribution in [0.3, 0.4) is 0 Å². The van der Waals surface area contributed by atoms with E-state index in [4.69, 9.17) is 0 Å². The maximum absolute atomic E-state index is 11.4. The Morgan fingerprint density at radius 2 is 1.75 bits per heavy atom. The Kier molecular flexibility index (Phi) is 3.63. The molecule has 16 heavy (non-hydrogen) atoms. The van der Waals surface area contributed by atoms with Crippen molar-refractivity contribution >= 4 is 18.0 Å². The molecule has 0 atom stereocenters. The molecule has 1 aromatic rings. The zero-order valence-electron chi connectivity index (χ0n) is 9.65. The van der Waals surface area contributed by atoms with Crippen LogP contribution >= 0.6 is 0 Å². The van der Waals surface area contributed by atoms with Gasteiger partial charge in [0.05, 0.1) is 21.1 Å². The molecule has 2 N–H and O–H groups in total. The summed E-state index contributed by atoms with van der Waals surface area (Å²) in [6.07, 6.45) is 0.415. The molecule has 0 saturated heterocycles. The van der Waals surface area contributed by atoms with Crippen molar-refractivity contribution in [3.63, 3.8) is 0 Å². The third-order valence-corrected chi connectivity index (χ3v) is 2.15. The Balaban J connectivity index is 2.79. The van der Waals surface area contributed by atoms with Gasteiger partial charge in [-0.1, -0.05) is 0 Å². The van der Waals surface area contributed by atoms with Gasteiger partial charge in [-0.2, -0.15) is 0 Å². The fourth-order valence-electron chi connectivity index (χ4n) is 1.23. The molecule has 0 heterocycles. The molecule has 0 bridgehead atoms. The minimum atomic E-state index is -0.333. The molecular weight excluding hydrogens is 206 g/mol. The fourth-order valence-corrected chi connectivity index (χ4v) is 1.23. The van der Waals surface area contributed by atoms with Gasteiger partial charge in [-0.3, -0.25) is 24.9 Å². The molecule has 0 saturated carbocycles. The Bertz CT molecular complexity index is 379. The highest BCUT2D eigenvalue weighted by atomic mass is 16.2. The molecule has 0 aliphatic rings. The Hall–Kier alpha value is -1.88. The first kappa shape index (κ1) is 12.2. The predicted molar refractivity (Wildman–Crippen MR) is 62.7 cm³/mol. The number of benzene rings is 1. The van der Waals surface area contributed by atoms with E-state index in [9.17, 15) is 9.59 Å². The van der Waals surface area contributed by atoms with Crippen LogP contribution in [-0.2, 0) is 4.79 Å². The first-order chi connectivity index (χ1) is 7.45. The lowest BCUT2D eigenvalue weighted by Crippen LogP contribution is -2.36. The second kappa shape index (κ2) is 4.76. The van der Waals surface area contributed by atoms with Crippen molar-refractivity contribution < 1.29 is 9.59 Å². The van der Waals surface area contributed by atoms with Crippen LogP contribution in [0.5, 0.6) is 0 Å². The van der Waals surface area contributed by atoms with Gasteiger partial charge in [-0.15, -0.1) is 0 Å². The van der Waals surface area contributed by atoms with Gasteiger partial charge in [-0.05, 0) is 24.3 Å². The van der Waals surface area contributed by atoms with E-state index in [2.05, 4.69) is 10.9 Å². The third-order valence-electron chi connectivity index (χ3n) is 2.15. The van der Waals surface area contributed by atoms with Gasteiger partial charge >= 0.3 is 0 Å². The molecule has 5 nitrogen and oxygen atoms in total. The van der Waals surface area contributed by atoms with E-state index in [1.807, 2.05) is 33.3 Å². The summed E-state index contributed by atoms with van der Waals surface area (Å²) in [5.74, 6) is -0.333. The van der Waals surface area contributed by atoms with Gasteiger partial charge in [0.1, 0.15) is 5.69 Å². The number of nitrogens with one attached hydrogen (secondary N) is 2. The summed E-state index contributed by atoms with van der Waals surface area (Å²) in [7, 11) is 6.13. The zero-order valence-corrected chi connectivity index (χ0v) is 9.65. The normalized spacial score (nSPS) is 10.7. The van der Waals surface area contributed by atoms with Crippen molar-refractivity contribution in [2.24, 2.45) is 0 Å². The van der Waals surface area contributed by atoms with Crippen LogP contribution in [0.1, 0.15) is 10.4 Å². The quantitative estimate of drug-likeness (QED) is 0.436. The molecule has 0 unspecified atom stereocenters. The summed E-state index contributed by atoms with van der Waals surface area (Å²) in [6.45, 7) is 0. The number of carbonyl (C=O) groups is 2. The summed E-state index contributed by atoms with van der Waals surface area (Å²) >= 11 is 0. The van der Waals surface area contributed by atoms with E-state index in [-0.39, 0.29) is 5.91 Å². The van der Waals surface area contributed by atoms with Crippen LogP contribution in [0.2, 0.25) is 0 Å². The standard InChI is InChI=1S/C11H15N3O2/c1-14(2,3)10-6-4-9(5-7-10)11(16)13-12-8-15/h4-8H,1-3H3,(H-,12,13,15,16)/p+1. The molecule has 2 amide bonds. The highest BCUT2D eigenvalue weighted by Crippen LogP contribution is 2.16. The number of quaternary nitrogens is 1. The smallest absolute Gasteiger partial charge is 0.269 e. The number of amides is 2. The Labute approximate surface area is 94.6 Å². The van der Waals surface area contributed by atoms with E-state index in [1.54, 1.807) is 12.1 Å². The second-order valence-electron chi connectivity index (χ2n) is 4.28. The molecule has 0 radical (unpaired) electrons. The van der Waals surface area contributed by atoms with E-state index in [0.29, 0.717) is 16.5 Å². The molecule has 0 spiro atoms. The molecule has 86 valence electrons. The van der Waals surface area contributed by atoms with E-state index in [1.165, 1.54) is 0 Å². The summed E-state index contributed by atoms with van der Waals surface area (Å²) in [5, 5.41) is 0. The SMILES string of the molecule is C[N+](C)(C)c1ccc(C(=O)NNC=O)cc1. The first-order valence-corrected chi connectivity index (χ1v) is 4.87. The van der Waals surface area contributed by atoms with E-state index >= 15 is 0 Å². The molecule has 0 aromatic heterocycles. The number of hydrogen-bond acceptors (Lipinski definition) is 2. The van der Waals surface area contributed by atoms with Crippen LogP contribution in [0.4, 0.5) is 5.69 Å². The summed E-state index contributed by atoms with van der Waals surface area (Å²) in [5.41, 5.74) is 5.96. The van der Waals surface area contributed by atoms with Crippen LogP contribution in [0.25, 0.3) is 0 Å². The minimum absolute atomic E-state index is 0.333. The van der Waals surface area contributed by atoms with E-state index in [0.717, 1.165) is 5.69 Å². The van der Waals surface area contributed by atoms with Crippen molar-refractivity contribution in [3.05, 3.63) is 29.8 Å². The lowest BCUT2D eigenvalue weighted by molar-refractivity contribution is -0.110. The third kappa shape index (κ3) is 3.06. The van der Waals surface area contributed by atoms with Gasteiger partial charge in [0.25, 0.3) is 5.91 Å². The summed E-state index contributed by atoms with van der Waals surface area (Å²) < 4.78 is 0.689. The van der Waals surface area contributed by atoms with Crippen molar-refractivity contribution in [1.29, 1.82) is 0 Å². The van der Waals surface area contributed by atoms with Gasteiger partial charge < -0.3 is 0 Å². The maximum Gasteiger partial charge on any atom is 0.269 e. The van der Waals surface area contributed by atoms with Crippen molar-refractivity contribution in [2.45, 2.75) is 0 Å². The monoisotopic (exact) mass is 222 g/mol. The molecule has 1 aromatic carbocycles. The van der Waals surface area contributed by atoms with E-state index < -0.39 is 0 Å². The lowest BCUT2D eigenvalue weighted by atomic mass is 10.2. The number of rotatable bonds is 4. The first-order valence-electron chi connectivity index (χ1n) is 4.87. The number of nitrogens with zero attached hydrogens (tertiary/aromatic N) is 1.